The van der Waals surface area contributed by atoms with E-state index in [0.29, 0.717) is 0 Å². The average Bonchev–Trinajstić information content (AvgIpc) is 3.66. The molecule has 4 heterocycles. The van der Waals surface area contributed by atoms with Crippen LogP contribution in [0, 0.1) is 0 Å². The van der Waals surface area contributed by atoms with E-state index < -0.39 is 0 Å². The molecule has 0 unspecified atom stereocenters. The molecule has 0 amide bonds. The summed E-state index contributed by atoms with van der Waals surface area (Å²) in [6.07, 6.45) is 3.58. The van der Waals surface area contributed by atoms with Gasteiger partial charge in [0, 0.05) is 26.8 Å². The monoisotopic (exact) mass is 478 g/mol. The van der Waals surface area contributed by atoms with Gasteiger partial charge in [0.05, 0.1) is 34.6 Å². The number of benzene rings is 3. The topological polar surface area (TPSA) is 81.0 Å². The smallest absolute Gasteiger partial charge is 0.328 e. The third-order valence-corrected chi connectivity index (χ3v) is 6.92. The molecule has 36 heavy (non-hydrogen) atoms. The van der Waals surface area contributed by atoms with E-state index in [-0.39, 0.29) is 12.5 Å². The van der Waals surface area contributed by atoms with Gasteiger partial charge < -0.3 is 14.0 Å². The lowest BCUT2D eigenvalue weighted by atomic mass is 10.0. The van der Waals surface area contributed by atoms with Crippen LogP contribution in [0.25, 0.3) is 50.4 Å². The molecular weight excluding hydrogens is 456 g/mol. The zero-order valence-electron chi connectivity index (χ0n) is 20.0. The van der Waals surface area contributed by atoms with Crippen molar-refractivity contribution in [2.45, 2.75) is 0 Å². The minimum atomic E-state index is -0.0575. The third-order valence-electron chi connectivity index (χ3n) is 6.92. The van der Waals surface area contributed by atoms with Crippen molar-refractivity contribution in [3.63, 3.8) is 0 Å². The molecule has 0 spiro atoms. The van der Waals surface area contributed by atoms with E-state index >= 15 is 0 Å². The number of nitrogens with zero attached hydrogens (tertiary/aromatic N) is 6. The van der Waals surface area contributed by atoms with Gasteiger partial charge in [0.1, 0.15) is 5.69 Å². The quantitative estimate of drug-likeness (QED) is 0.384. The maximum Gasteiger partial charge on any atom is 0.328 e. The molecule has 0 fully saturated rings. The molecule has 0 aliphatic carbocycles. The lowest BCUT2D eigenvalue weighted by Gasteiger charge is -2.11. The first kappa shape index (κ1) is 20.6. The fourth-order valence-electron chi connectivity index (χ4n) is 4.98. The molecule has 1 aliphatic rings. The predicted octanol–water partition coefficient (Wildman–Crippen LogP) is 4.01. The number of aryl methyl sites for hydroxylation is 3. The van der Waals surface area contributed by atoms with Gasteiger partial charge in [-0.1, -0.05) is 12.1 Å². The lowest BCUT2D eigenvalue weighted by Crippen LogP contribution is -2.19. The van der Waals surface area contributed by atoms with Crippen molar-refractivity contribution in [1.29, 1.82) is 0 Å². The van der Waals surface area contributed by atoms with Gasteiger partial charge in [0.25, 0.3) is 0 Å². The standard InChI is InChI=1S/C27H22N6O3/c1-30-14-28-13-23(30)26-29-19-10-16(17-5-9-24-25(11-17)36-15-35-24)4-7-20(19)33(26)18-6-8-21-22(12-18)32(3)27(34)31(21)2/h4-14H,15H2,1-3H3. The van der Waals surface area contributed by atoms with Crippen molar-refractivity contribution in [2.75, 3.05) is 6.79 Å². The van der Waals surface area contributed by atoms with Crippen LogP contribution in [0.3, 0.4) is 0 Å². The van der Waals surface area contributed by atoms with Crippen LogP contribution < -0.4 is 15.2 Å². The second kappa shape index (κ2) is 7.35. The van der Waals surface area contributed by atoms with Crippen molar-refractivity contribution in [2.24, 2.45) is 21.1 Å². The fraction of sp³-hybridized carbons (Fsp3) is 0.148. The van der Waals surface area contributed by atoms with E-state index in [0.717, 1.165) is 61.9 Å². The zero-order chi connectivity index (χ0) is 24.6. The second-order valence-electron chi connectivity index (χ2n) is 9.01. The van der Waals surface area contributed by atoms with E-state index in [1.165, 1.54) is 0 Å². The van der Waals surface area contributed by atoms with Crippen molar-refractivity contribution in [3.05, 3.63) is 77.6 Å². The highest BCUT2D eigenvalue weighted by atomic mass is 16.7. The number of imidazole rings is 3. The Kier molecular flexibility index (Phi) is 4.20. The summed E-state index contributed by atoms with van der Waals surface area (Å²) in [4.78, 5) is 21.9. The largest absolute Gasteiger partial charge is 0.454 e. The van der Waals surface area contributed by atoms with Gasteiger partial charge in [0.15, 0.2) is 17.3 Å². The van der Waals surface area contributed by atoms with Gasteiger partial charge in [-0.2, -0.15) is 0 Å². The van der Waals surface area contributed by atoms with Crippen LogP contribution in [-0.2, 0) is 21.1 Å². The number of aromatic nitrogens is 6. The summed E-state index contributed by atoms with van der Waals surface area (Å²) in [7, 11) is 5.53. The summed E-state index contributed by atoms with van der Waals surface area (Å²) in [5.74, 6) is 2.27. The SMILES string of the molecule is Cn1cncc1-c1nc2cc(-c3ccc4c(c3)OCO4)ccc2n1-c1ccc2c(c1)n(C)c(=O)n2C. The summed E-state index contributed by atoms with van der Waals surface area (Å²) < 4.78 is 18.4. The summed E-state index contributed by atoms with van der Waals surface area (Å²) in [5.41, 5.74) is 7.34. The molecule has 0 saturated carbocycles. The zero-order valence-corrected chi connectivity index (χ0v) is 20.0. The first-order valence-corrected chi connectivity index (χ1v) is 11.5. The van der Waals surface area contributed by atoms with Gasteiger partial charge in [-0.3, -0.25) is 13.7 Å². The maximum atomic E-state index is 12.5. The van der Waals surface area contributed by atoms with Crippen molar-refractivity contribution < 1.29 is 9.47 Å². The number of hydrogen-bond acceptors (Lipinski definition) is 5. The fourth-order valence-corrected chi connectivity index (χ4v) is 4.98. The van der Waals surface area contributed by atoms with E-state index in [2.05, 4.69) is 27.8 Å². The van der Waals surface area contributed by atoms with E-state index in [1.54, 1.807) is 29.6 Å². The number of rotatable bonds is 3. The summed E-state index contributed by atoms with van der Waals surface area (Å²) in [5, 5.41) is 0. The van der Waals surface area contributed by atoms with Gasteiger partial charge in [0.2, 0.25) is 6.79 Å². The minimum Gasteiger partial charge on any atom is -0.454 e. The minimum absolute atomic E-state index is 0.0575. The molecule has 1 aliphatic heterocycles. The molecule has 6 aromatic rings. The molecule has 0 bridgehead atoms. The Morgan fingerprint density at radius 3 is 2.39 bits per heavy atom. The number of hydrogen-bond donors (Lipinski definition) is 0. The second-order valence-corrected chi connectivity index (χ2v) is 9.01. The van der Waals surface area contributed by atoms with Crippen LogP contribution in [-0.4, -0.2) is 35.0 Å². The highest BCUT2D eigenvalue weighted by molar-refractivity contribution is 5.88. The Morgan fingerprint density at radius 2 is 1.56 bits per heavy atom. The van der Waals surface area contributed by atoms with Crippen LogP contribution >= 0.6 is 0 Å². The Hall–Kier alpha value is -4.79. The van der Waals surface area contributed by atoms with E-state index in [1.807, 2.05) is 54.2 Å². The lowest BCUT2D eigenvalue weighted by molar-refractivity contribution is 0.174. The van der Waals surface area contributed by atoms with Gasteiger partial charge >= 0.3 is 5.69 Å². The average molecular weight is 479 g/mol. The maximum absolute atomic E-state index is 12.5. The molecule has 178 valence electrons. The van der Waals surface area contributed by atoms with Crippen LogP contribution in [0.1, 0.15) is 0 Å². The van der Waals surface area contributed by atoms with Gasteiger partial charge in [-0.05, 0) is 53.6 Å². The summed E-state index contributed by atoms with van der Waals surface area (Å²) >= 11 is 0. The molecule has 0 N–H and O–H groups in total. The molecule has 9 heteroatoms. The van der Waals surface area contributed by atoms with Gasteiger partial charge in [-0.25, -0.2) is 14.8 Å². The van der Waals surface area contributed by atoms with Crippen LogP contribution in [0.5, 0.6) is 11.5 Å². The Balaban J connectivity index is 1.46. The summed E-state index contributed by atoms with van der Waals surface area (Å²) in [6.45, 7) is 0.244. The molecule has 3 aromatic heterocycles. The van der Waals surface area contributed by atoms with Gasteiger partial charge in [-0.15, -0.1) is 0 Å². The number of fused-ring (bicyclic) bond motifs is 3. The first-order chi connectivity index (χ1) is 17.5. The predicted molar refractivity (Wildman–Crippen MR) is 137 cm³/mol. The third kappa shape index (κ3) is 2.86. The molecule has 3 aromatic carbocycles. The van der Waals surface area contributed by atoms with Crippen LogP contribution in [0.4, 0.5) is 0 Å². The highest BCUT2D eigenvalue weighted by Crippen LogP contribution is 2.37. The highest BCUT2D eigenvalue weighted by Gasteiger charge is 2.20. The normalized spacial score (nSPS) is 12.8. The van der Waals surface area contributed by atoms with Crippen molar-refractivity contribution in [3.8, 4) is 39.8 Å². The summed E-state index contributed by atoms with van der Waals surface area (Å²) in [6, 6.07) is 18.2. The Morgan fingerprint density at radius 1 is 0.806 bits per heavy atom. The Bertz CT molecular complexity index is 1890. The van der Waals surface area contributed by atoms with Crippen LogP contribution in [0.15, 0.2) is 71.9 Å². The molecule has 0 saturated heterocycles. The number of ether oxygens (including phenoxy) is 2. The first-order valence-electron chi connectivity index (χ1n) is 11.5. The van der Waals surface area contributed by atoms with Crippen LogP contribution in [0.2, 0.25) is 0 Å². The molecule has 7 rings (SSSR count). The Labute approximate surface area is 205 Å². The van der Waals surface area contributed by atoms with E-state index in [9.17, 15) is 4.79 Å². The molecule has 9 nitrogen and oxygen atoms in total. The molecule has 0 atom stereocenters. The van der Waals surface area contributed by atoms with Crippen molar-refractivity contribution in [1.82, 2.24) is 28.2 Å². The molecular formula is C27H22N6O3. The van der Waals surface area contributed by atoms with E-state index in [4.69, 9.17) is 14.5 Å². The molecule has 0 radical (unpaired) electrons. The van der Waals surface area contributed by atoms with Crippen molar-refractivity contribution >= 4 is 22.1 Å².